The van der Waals surface area contributed by atoms with Gasteiger partial charge in [-0.2, -0.15) is 0 Å². The first-order valence-corrected chi connectivity index (χ1v) is 9.65. The number of fused-ring (bicyclic) bond motifs is 1. The maximum atomic E-state index is 12.5. The summed E-state index contributed by atoms with van der Waals surface area (Å²) in [7, 11) is 0. The van der Waals surface area contributed by atoms with Crippen molar-refractivity contribution in [3.63, 3.8) is 0 Å². The summed E-state index contributed by atoms with van der Waals surface area (Å²) in [5, 5.41) is 1.33. The maximum Gasteiger partial charge on any atom is 0.310 e. The highest BCUT2D eigenvalue weighted by Gasteiger charge is 2.29. The first kappa shape index (κ1) is 18.1. The van der Waals surface area contributed by atoms with Crippen LogP contribution in [0, 0.1) is 5.92 Å². The number of H-pyrrole nitrogens is 1. The lowest BCUT2D eigenvalue weighted by Gasteiger charge is -2.31. The van der Waals surface area contributed by atoms with Gasteiger partial charge in [0.15, 0.2) is 5.16 Å². The normalized spacial score (nSPS) is 17.7. The smallest absolute Gasteiger partial charge is 0.310 e. The summed E-state index contributed by atoms with van der Waals surface area (Å²) in [4.78, 5) is 33.7. The number of esters is 1. The number of hydrogen-bond acceptors (Lipinski definition) is 5. The van der Waals surface area contributed by atoms with E-state index in [4.69, 9.17) is 16.3 Å². The van der Waals surface area contributed by atoms with Crippen molar-refractivity contribution in [3.8, 4) is 0 Å². The first-order valence-electron chi connectivity index (χ1n) is 8.29. The molecule has 0 spiro atoms. The van der Waals surface area contributed by atoms with E-state index in [1.807, 2.05) is 12.1 Å². The summed E-state index contributed by atoms with van der Waals surface area (Å²) in [6, 6.07) is 5.44. The fourth-order valence-corrected chi connectivity index (χ4v) is 3.86. The van der Waals surface area contributed by atoms with Crippen LogP contribution in [0.1, 0.15) is 19.8 Å². The maximum absolute atomic E-state index is 12.5. The van der Waals surface area contributed by atoms with E-state index in [1.165, 1.54) is 11.8 Å². The number of halogens is 1. The standard InChI is InChI=1S/C17H20ClN3O3S/c1-2-24-16(23)11-4-3-7-21(9-11)15(22)10-25-17-19-13-6-5-12(18)8-14(13)20-17/h5-6,8,11H,2-4,7,9-10H2,1H3,(H,19,20)/t11-/m1/s1. The average Bonchev–Trinajstić information content (AvgIpc) is 3.02. The molecule has 1 atom stereocenters. The molecule has 134 valence electrons. The van der Waals surface area contributed by atoms with E-state index in [0.717, 1.165) is 23.9 Å². The summed E-state index contributed by atoms with van der Waals surface area (Å²) in [5.41, 5.74) is 1.67. The summed E-state index contributed by atoms with van der Waals surface area (Å²) in [5.74, 6) is -0.126. The van der Waals surface area contributed by atoms with Crippen LogP contribution in [0.25, 0.3) is 11.0 Å². The third-order valence-corrected chi connectivity index (χ3v) is 5.24. The minimum Gasteiger partial charge on any atom is -0.466 e. The molecule has 1 aromatic carbocycles. The molecule has 0 bridgehead atoms. The molecule has 1 saturated heterocycles. The zero-order valence-electron chi connectivity index (χ0n) is 14.0. The zero-order chi connectivity index (χ0) is 17.8. The molecule has 1 fully saturated rings. The van der Waals surface area contributed by atoms with Gasteiger partial charge in [-0.3, -0.25) is 9.59 Å². The molecular weight excluding hydrogens is 362 g/mol. The van der Waals surface area contributed by atoms with E-state index < -0.39 is 0 Å². The van der Waals surface area contributed by atoms with E-state index in [-0.39, 0.29) is 23.5 Å². The summed E-state index contributed by atoms with van der Waals surface area (Å²) >= 11 is 7.32. The van der Waals surface area contributed by atoms with Gasteiger partial charge in [0.25, 0.3) is 0 Å². The molecule has 3 rings (SSSR count). The Bertz CT molecular complexity index is 780. The molecule has 0 radical (unpaired) electrons. The molecule has 0 aliphatic carbocycles. The van der Waals surface area contributed by atoms with Gasteiger partial charge >= 0.3 is 5.97 Å². The number of nitrogens with one attached hydrogen (secondary N) is 1. The second-order valence-corrected chi connectivity index (χ2v) is 7.32. The lowest BCUT2D eigenvalue weighted by atomic mass is 9.98. The predicted octanol–water partition coefficient (Wildman–Crippen LogP) is 3.11. The van der Waals surface area contributed by atoms with Gasteiger partial charge in [-0.25, -0.2) is 4.98 Å². The SMILES string of the molecule is CCOC(=O)[C@@H]1CCCN(C(=O)CSc2nc3ccc(Cl)cc3[nH]2)C1. The second-order valence-electron chi connectivity index (χ2n) is 5.92. The largest absolute Gasteiger partial charge is 0.466 e. The third kappa shape index (κ3) is 4.46. The number of thioether (sulfide) groups is 1. The molecule has 8 heteroatoms. The number of aromatic amines is 1. The van der Waals surface area contributed by atoms with Crippen LogP contribution in [0.2, 0.25) is 5.02 Å². The van der Waals surface area contributed by atoms with Crippen LogP contribution in [-0.4, -0.2) is 52.2 Å². The van der Waals surface area contributed by atoms with Crippen LogP contribution in [0.5, 0.6) is 0 Å². The molecular formula is C17H20ClN3O3S. The third-order valence-electron chi connectivity index (χ3n) is 4.15. The Morgan fingerprint density at radius 1 is 1.48 bits per heavy atom. The number of ether oxygens (including phenoxy) is 1. The van der Waals surface area contributed by atoms with Crippen LogP contribution < -0.4 is 0 Å². The number of likely N-dealkylation sites (tertiary alicyclic amines) is 1. The molecule has 2 aromatic rings. The van der Waals surface area contributed by atoms with Crippen molar-refractivity contribution in [1.82, 2.24) is 14.9 Å². The van der Waals surface area contributed by atoms with Gasteiger partial charge in [0.05, 0.1) is 29.3 Å². The molecule has 0 saturated carbocycles. The van der Waals surface area contributed by atoms with Crippen LogP contribution in [0.15, 0.2) is 23.4 Å². The molecule has 25 heavy (non-hydrogen) atoms. The van der Waals surface area contributed by atoms with Gasteiger partial charge in [0.2, 0.25) is 5.91 Å². The Hall–Kier alpha value is -1.73. The number of amides is 1. The van der Waals surface area contributed by atoms with Crippen LogP contribution >= 0.6 is 23.4 Å². The summed E-state index contributed by atoms with van der Waals surface area (Å²) in [6.45, 7) is 3.29. The Labute approximate surface area is 155 Å². The highest BCUT2D eigenvalue weighted by atomic mass is 35.5. The minimum atomic E-state index is -0.212. The Kier molecular flexibility index (Phi) is 5.86. The predicted molar refractivity (Wildman–Crippen MR) is 97.8 cm³/mol. The van der Waals surface area contributed by atoms with Gasteiger partial charge in [-0.05, 0) is 38.0 Å². The fourth-order valence-electron chi connectivity index (χ4n) is 2.90. The molecule has 1 amide bonds. The summed E-state index contributed by atoms with van der Waals surface area (Å²) in [6.07, 6.45) is 1.60. The van der Waals surface area contributed by atoms with Crippen molar-refractivity contribution < 1.29 is 14.3 Å². The molecule has 1 aliphatic heterocycles. The van der Waals surface area contributed by atoms with Crippen molar-refractivity contribution >= 4 is 46.3 Å². The highest BCUT2D eigenvalue weighted by molar-refractivity contribution is 7.99. The van der Waals surface area contributed by atoms with Crippen molar-refractivity contribution in [3.05, 3.63) is 23.2 Å². The number of piperidine rings is 1. The Morgan fingerprint density at radius 3 is 3.12 bits per heavy atom. The minimum absolute atomic E-state index is 0.0116. The number of rotatable bonds is 5. The van der Waals surface area contributed by atoms with E-state index in [1.54, 1.807) is 17.9 Å². The zero-order valence-corrected chi connectivity index (χ0v) is 15.5. The lowest BCUT2D eigenvalue weighted by molar-refractivity contribution is -0.151. The van der Waals surface area contributed by atoms with E-state index in [2.05, 4.69) is 9.97 Å². The number of benzene rings is 1. The van der Waals surface area contributed by atoms with Crippen molar-refractivity contribution in [1.29, 1.82) is 0 Å². The van der Waals surface area contributed by atoms with Crippen molar-refractivity contribution in [2.75, 3.05) is 25.4 Å². The van der Waals surface area contributed by atoms with Gasteiger partial charge in [-0.15, -0.1) is 0 Å². The molecule has 2 heterocycles. The van der Waals surface area contributed by atoms with E-state index in [0.29, 0.717) is 29.9 Å². The Balaban J connectivity index is 1.56. The number of aromatic nitrogens is 2. The number of hydrogen-bond donors (Lipinski definition) is 1. The topological polar surface area (TPSA) is 75.3 Å². The number of nitrogens with zero attached hydrogens (tertiary/aromatic N) is 2. The first-order chi connectivity index (χ1) is 12.1. The second kappa shape index (κ2) is 8.10. The van der Waals surface area contributed by atoms with Gasteiger partial charge in [0, 0.05) is 18.1 Å². The highest BCUT2D eigenvalue weighted by Crippen LogP contribution is 2.24. The quantitative estimate of drug-likeness (QED) is 0.636. The van der Waals surface area contributed by atoms with Crippen molar-refractivity contribution in [2.45, 2.75) is 24.9 Å². The van der Waals surface area contributed by atoms with Crippen molar-refractivity contribution in [2.24, 2.45) is 5.92 Å². The van der Waals surface area contributed by atoms with Crippen LogP contribution in [-0.2, 0) is 14.3 Å². The summed E-state index contributed by atoms with van der Waals surface area (Å²) < 4.78 is 5.07. The number of imidazole rings is 1. The fraction of sp³-hybridized carbons (Fsp3) is 0.471. The van der Waals surface area contributed by atoms with Gasteiger partial charge < -0.3 is 14.6 Å². The van der Waals surface area contributed by atoms with Crippen LogP contribution in [0.3, 0.4) is 0 Å². The number of carbonyl (C=O) groups excluding carboxylic acids is 2. The molecule has 1 aromatic heterocycles. The average molecular weight is 382 g/mol. The monoisotopic (exact) mass is 381 g/mol. The van der Waals surface area contributed by atoms with Gasteiger partial charge in [0.1, 0.15) is 0 Å². The van der Waals surface area contributed by atoms with Crippen LogP contribution in [0.4, 0.5) is 0 Å². The lowest BCUT2D eigenvalue weighted by Crippen LogP contribution is -2.43. The molecule has 1 N–H and O–H groups in total. The number of carbonyl (C=O) groups is 2. The Morgan fingerprint density at radius 2 is 2.32 bits per heavy atom. The molecule has 0 unspecified atom stereocenters. The molecule has 6 nitrogen and oxygen atoms in total. The van der Waals surface area contributed by atoms with E-state index >= 15 is 0 Å². The van der Waals surface area contributed by atoms with E-state index in [9.17, 15) is 9.59 Å². The van der Waals surface area contributed by atoms with Gasteiger partial charge in [-0.1, -0.05) is 23.4 Å². The molecule has 1 aliphatic rings.